The molecule has 0 radical (unpaired) electrons. The number of nitrogen functional groups attached to an aromatic ring is 1. The van der Waals surface area contributed by atoms with E-state index in [2.05, 4.69) is 15.0 Å². The third-order valence-electron chi connectivity index (χ3n) is 3.12. The van der Waals surface area contributed by atoms with Gasteiger partial charge in [-0.1, -0.05) is 0 Å². The molecule has 1 saturated heterocycles. The lowest BCUT2D eigenvalue weighted by Crippen LogP contribution is -2.34. The minimum absolute atomic E-state index is 0.262. The molecule has 2 N–H and O–H groups in total. The van der Waals surface area contributed by atoms with E-state index >= 15 is 0 Å². The molecule has 6 heteroatoms. The van der Waals surface area contributed by atoms with Gasteiger partial charge < -0.3 is 10.6 Å². The number of piperidine rings is 1. The third-order valence-corrected chi connectivity index (χ3v) is 3.12. The molecule has 5 nitrogen and oxygen atoms in total. The Balaban J connectivity index is 1.99. The molecule has 0 saturated carbocycles. The predicted molar refractivity (Wildman–Crippen MR) is 63.7 cm³/mol. The Morgan fingerprint density at radius 2 is 2.12 bits per heavy atom. The quantitative estimate of drug-likeness (QED) is 0.808. The van der Waals surface area contributed by atoms with Crippen LogP contribution in [0.2, 0.25) is 0 Å². The van der Waals surface area contributed by atoms with Crippen LogP contribution >= 0.6 is 0 Å². The summed E-state index contributed by atoms with van der Waals surface area (Å²) >= 11 is 0. The molecule has 0 bridgehead atoms. The van der Waals surface area contributed by atoms with Crippen molar-refractivity contribution in [3.63, 3.8) is 0 Å². The summed E-state index contributed by atoms with van der Waals surface area (Å²) in [7, 11) is 0. The number of fused-ring (bicyclic) bond motifs is 1. The molecule has 3 heterocycles. The highest BCUT2D eigenvalue weighted by Gasteiger charge is 2.20. The maximum absolute atomic E-state index is 13.1. The normalized spacial score (nSPS) is 17.8. The van der Waals surface area contributed by atoms with Crippen LogP contribution < -0.4 is 10.6 Å². The van der Waals surface area contributed by atoms with Crippen molar-refractivity contribution in [1.29, 1.82) is 0 Å². The van der Waals surface area contributed by atoms with Gasteiger partial charge in [0.1, 0.15) is 6.17 Å². The van der Waals surface area contributed by atoms with Crippen molar-refractivity contribution in [2.45, 2.75) is 19.0 Å². The lowest BCUT2D eigenvalue weighted by molar-refractivity contribution is 0.277. The Bertz CT molecular complexity index is 530. The number of anilines is 2. The van der Waals surface area contributed by atoms with Gasteiger partial charge in [-0.3, -0.25) is 0 Å². The fraction of sp³-hybridized carbons (Fsp3) is 0.455. The van der Waals surface area contributed by atoms with Crippen LogP contribution in [0, 0.1) is 0 Å². The predicted octanol–water partition coefficient (Wildman–Crippen LogP) is 1.25. The van der Waals surface area contributed by atoms with Crippen LogP contribution in [0.3, 0.4) is 0 Å². The molecule has 0 unspecified atom stereocenters. The fourth-order valence-electron chi connectivity index (χ4n) is 2.24. The van der Waals surface area contributed by atoms with E-state index in [0.29, 0.717) is 25.9 Å². The molecular formula is C11H14FN5. The number of pyridine rings is 1. The summed E-state index contributed by atoms with van der Waals surface area (Å²) in [6.07, 6.45) is 2.29. The van der Waals surface area contributed by atoms with Crippen molar-refractivity contribution in [2.24, 2.45) is 0 Å². The maximum Gasteiger partial charge on any atom is 0.240 e. The van der Waals surface area contributed by atoms with Gasteiger partial charge in [0, 0.05) is 19.3 Å². The van der Waals surface area contributed by atoms with Gasteiger partial charge in [0.2, 0.25) is 5.95 Å². The molecule has 1 fully saturated rings. The minimum atomic E-state index is -0.672. The molecule has 1 aliphatic rings. The highest BCUT2D eigenvalue weighted by atomic mass is 19.1. The monoisotopic (exact) mass is 235 g/mol. The summed E-state index contributed by atoms with van der Waals surface area (Å²) < 4.78 is 14.8. The second-order valence-electron chi connectivity index (χ2n) is 4.29. The zero-order valence-corrected chi connectivity index (χ0v) is 9.38. The lowest BCUT2D eigenvalue weighted by Gasteiger charge is -2.30. The van der Waals surface area contributed by atoms with Gasteiger partial charge in [0.05, 0.1) is 5.69 Å². The summed E-state index contributed by atoms with van der Waals surface area (Å²) in [6.45, 7) is 1.43. The van der Waals surface area contributed by atoms with Crippen molar-refractivity contribution in [1.82, 2.24) is 14.6 Å². The number of hydrogen-bond acceptors (Lipinski definition) is 4. The number of nitrogens with zero attached hydrogens (tertiary/aromatic N) is 4. The Morgan fingerprint density at radius 1 is 1.35 bits per heavy atom. The minimum Gasteiger partial charge on any atom is -0.368 e. The van der Waals surface area contributed by atoms with Crippen molar-refractivity contribution in [2.75, 3.05) is 23.7 Å². The van der Waals surface area contributed by atoms with Crippen molar-refractivity contribution >= 4 is 17.3 Å². The summed E-state index contributed by atoms with van der Waals surface area (Å²) in [5, 5.41) is 4.07. The van der Waals surface area contributed by atoms with Crippen LogP contribution in [0.4, 0.5) is 16.0 Å². The van der Waals surface area contributed by atoms with Gasteiger partial charge in [-0.2, -0.15) is 4.98 Å². The standard InChI is InChI=1S/C11H14FN5/c12-8-3-6-16(7-4-8)9-2-1-5-17-10(9)14-11(13)15-17/h1-2,5,8H,3-4,6-7H2,(H2,13,15). The summed E-state index contributed by atoms with van der Waals surface area (Å²) in [5.74, 6) is 0.262. The van der Waals surface area contributed by atoms with Gasteiger partial charge >= 0.3 is 0 Å². The van der Waals surface area contributed by atoms with E-state index in [0.717, 1.165) is 11.3 Å². The lowest BCUT2D eigenvalue weighted by atomic mass is 10.1. The first-order valence-corrected chi connectivity index (χ1v) is 5.74. The highest BCUT2D eigenvalue weighted by Crippen LogP contribution is 2.24. The van der Waals surface area contributed by atoms with Gasteiger partial charge in [0.15, 0.2) is 5.65 Å². The van der Waals surface area contributed by atoms with E-state index in [9.17, 15) is 4.39 Å². The van der Waals surface area contributed by atoms with E-state index in [1.165, 1.54) is 0 Å². The van der Waals surface area contributed by atoms with E-state index in [1.807, 2.05) is 18.3 Å². The number of alkyl halides is 1. The molecule has 0 aromatic carbocycles. The fourth-order valence-corrected chi connectivity index (χ4v) is 2.24. The largest absolute Gasteiger partial charge is 0.368 e. The van der Waals surface area contributed by atoms with E-state index in [1.54, 1.807) is 4.52 Å². The first-order chi connectivity index (χ1) is 8.24. The van der Waals surface area contributed by atoms with Crippen molar-refractivity contribution in [3.05, 3.63) is 18.3 Å². The van der Waals surface area contributed by atoms with Gasteiger partial charge in [-0.15, -0.1) is 5.10 Å². The van der Waals surface area contributed by atoms with E-state index < -0.39 is 6.17 Å². The van der Waals surface area contributed by atoms with Crippen LogP contribution in [0.1, 0.15) is 12.8 Å². The number of aromatic nitrogens is 3. The zero-order chi connectivity index (χ0) is 11.8. The molecule has 2 aromatic heterocycles. The topological polar surface area (TPSA) is 59.5 Å². The molecular weight excluding hydrogens is 221 g/mol. The van der Waals surface area contributed by atoms with Crippen molar-refractivity contribution in [3.8, 4) is 0 Å². The average molecular weight is 235 g/mol. The number of halogens is 1. The van der Waals surface area contributed by atoms with Crippen LogP contribution in [0.15, 0.2) is 18.3 Å². The molecule has 17 heavy (non-hydrogen) atoms. The molecule has 2 aromatic rings. The average Bonchev–Trinajstić information content (AvgIpc) is 2.70. The Morgan fingerprint density at radius 3 is 2.88 bits per heavy atom. The number of rotatable bonds is 1. The van der Waals surface area contributed by atoms with Crippen LogP contribution in [-0.2, 0) is 0 Å². The second-order valence-corrected chi connectivity index (χ2v) is 4.29. The third kappa shape index (κ3) is 1.79. The zero-order valence-electron chi connectivity index (χ0n) is 9.38. The van der Waals surface area contributed by atoms with E-state index in [-0.39, 0.29) is 5.95 Å². The Kier molecular flexibility index (Phi) is 2.35. The van der Waals surface area contributed by atoms with Crippen LogP contribution in [0.25, 0.3) is 5.65 Å². The van der Waals surface area contributed by atoms with Crippen molar-refractivity contribution < 1.29 is 4.39 Å². The van der Waals surface area contributed by atoms with Gasteiger partial charge in [-0.25, -0.2) is 8.91 Å². The molecule has 3 rings (SSSR count). The Labute approximate surface area is 98.0 Å². The molecule has 90 valence electrons. The maximum atomic E-state index is 13.1. The highest BCUT2D eigenvalue weighted by molar-refractivity contribution is 5.69. The summed E-state index contributed by atoms with van der Waals surface area (Å²) in [4.78, 5) is 6.34. The number of nitrogens with two attached hydrogens (primary N) is 1. The molecule has 0 aliphatic carbocycles. The van der Waals surface area contributed by atoms with E-state index in [4.69, 9.17) is 5.73 Å². The van der Waals surface area contributed by atoms with Crippen LogP contribution in [-0.4, -0.2) is 33.9 Å². The molecule has 0 amide bonds. The molecule has 0 spiro atoms. The van der Waals surface area contributed by atoms with Gasteiger partial charge in [0.25, 0.3) is 0 Å². The second kappa shape index (κ2) is 3.87. The van der Waals surface area contributed by atoms with Gasteiger partial charge in [-0.05, 0) is 25.0 Å². The summed E-state index contributed by atoms with van der Waals surface area (Å²) in [6, 6.07) is 3.87. The molecule has 1 aliphatic heterocycles. The smallest absolute Gasteiger partial charge is 0.240 e. The number of hydrogen-bond donors (Lipinski definition) is 1. The SMILES string of the molecule is Nc1nc2c(N3CCC(F)CC3)cccn2n1. The first-order valence-electron chi connectivity index (χ1n) is 5.74. The summed E-state index contributed by atoms with van der Waals surface area (Å²) in [5.41, 5.74) is 7.30. The molecule has 0 atom stereocenters. The van der Waals surface area contributed by atoms with Crippen LogP contribution in [0.5, 0.6) is 0 Å². The Hall–Kier alpha value is -1.85. The first kappa shape index (κ1) is 10.3.